The Morgan fingerprint density at radius 3 is 2.36 bits per heavy atom. The van der Waals surface area contributed by atoms with Crippen LogP contribution in [-0.4, -0.2) is 19.5 Å². The largest absolute Gasteiger partial charge is 0.380 e. The highest BCUT2D eigenvalue weighted by Crippen LogP contribution is 2.23. The van der Waals surface area contributed by atoms with Gasteiger partial charge in [0.2, 0.25) is 0 Å². The summed E-state index contributed by atoms with van der Waals surface area (Å²) < 4.78 is 5.22. The predicted molar refractivity (Wildman–Crippen MR) is 45.6 cm³/mol. The molecule has 0 amide bonds. The Morgan fingerprint density at radius 2 is 2.09 bits per heavy atom. The minimum atomic E-state index is -0.342. The molecule has 0 aliphatic rings. The molecule has 0 N–H and O–H groups in total. The van der Waals surface area contributed by atoms with Crippen LogP contribution < -0.4 is 0 Å². The maximum atomic E-state index is 10.6. The van der Waals surface area contributed by atoms with E-state index >= 15 is 0 Å². The first-order chi connectivity index (χ1) is 5.08. The van der Waals surface area contributed by atoms with Gasteiger partial charge >= 0.3 is 0 Å². The summed E-state index contributed by atoms with van der Waals surface area (Å²) >= 11 is 0. The van der Waals surface area contributed by atoms with Crippen LogP contribution in [-0.2, 0) is 9.53 Å². The predicted octanol–water partition coefficient (Wildman–Crippen LogP) is 2.03. The van der Waals surface area contributed by atoms with Gasteiger partial charge in [0.05, 0.1) is 6.10 Å². The zero-order chi connectivity index (χ0) is 8.91. The molecule has 2 heteroatoms. The molecule has 2 nitrogen and oxygen atoms in total. The van der Waals surface area contributed by atoms with Gasteiger partial charge in [0, 0.05) is 12.5 Å². The summed E-state index contributed by atoms with van der Waals surface area (Å²) in [4.78, 5) is 10.6. The van der Waals surface area contributed by atoms with Crippen LogP contribution in [0, 0.1) is 5.41 Å². The summed E-state index contributed by atoms with van der Waals surface area (Å²) in [6, 6.07) is 0. The Labute approximate surface area is 68.9 Å². The molecule has 0 heterocycles. The second-order valence-electron chi connectivity index (χ2n) is 3.45. The lowest BCUT2D eigenvalue weighted by Gasteiger charge is -2.27. The second kappa shape index (κ2) is 4.50. The maximum absolute atomic E-state index is 10.6. The fraction of sp³-hybridized carbons (Fsp3) is 0.889. The summed E-state index contributed by atoms with van der Waals surface area (Å²) in [5, 5.41) is 0. The molecular weight excluding hydrogens is 140 g/mol. The number of hydrogen-bond donors (Lipinski definition) is 0. The zero-order valence-electron chi connectivity index (χ0n) is 7.89. The van der Waals surface area contributed by atoms with Gasteiger partial charge in [0.1, 0.15) is 6.29 Å². The van der Waals surface area contributed by atoms with Crippen molar-refractivity contribution in [3.05, 3.63) is 0 Å². The Kier molecular flexibility index (Phi) is 4.34. The van der Waals surface area contributed by atoms with Crippen LogP contribution in [0.25, 0.3) is 0 Å². The Morgan fingerprint density at radius 1 is 1.55 bits per heavy atom. The molecule has 0 aromatic rings. The van der Waals surface area contributed by atoms with Crippen molar-refractivity contribution in [1.29, 1.82) is 0 Å². The van der Waals surface area contributed by atoms with Gasteiger partial charge in [-0.2, -0.15) is 0 Å². The van der Waals surface area contributed by atoms with Crippen molar-refractivity contribution in [3.63, 3.8) is 0 Å². The Balaban J connectivity index is 4.10. The number of rotatable bonds is 5. The molecule has 0 saturated heterocycles. The van der Waals surface area contributed by atoms with Crippen LogP contribution >= 0.6 is 0 Å². The number of ether oxygens (including phenoxy) is 1. The number of carbonyl (C=O) groups is 1. The van der Waals surface area contributed by atoms with Crippen molar-refractivity contribution in [2.45, 2.75) is 39.7 Å². The molecule has 0 spiro atoms. The SMILES string of the molecule is CCCC(OC)C(C)(C)C=O. The maximum Gasteiger partial charge on any atom is 0.128 e. The monoisotopic (exact) mass is 158 g/mol. The number of hydrogen-bond acceptors (Lipinski definition) is 2. The summed E-state index contributed by atoms with van der Waals surface area (Å²) in [5.41, 5.74) is -0.342. The normalized spacial score (nSPS) is 14.5. The topological polar surface area (TPSA) is 26.3 Å². The van der Waals surface area contributed by atoms with E-state index in [2.05, 4.69) is 6.92 Å². The van der Waals surface area contributed by atoms with E-state index in [-0.39, 0.29) is 11.5 Å². The van der Waals surface area contributed by atoms with Crippen LogP contribution in [0.2, 0.25) is 0 Å². The zero-order valence-corrected chi connectivity index (χ0v) is 7.89. The van der Waals surface area contributed by atoms with Crippen LogP contribution in [0.4, 0.5) is 0 Å². The van der Waals surface area contributed by atoms with E-state index in [1.165, 1.54) is 0 Å². The van der Waals surface area contributed by atoms with Crippen LogP contribution in [0.1, 0.15) is 33.6 Å². The summed E-state index contributed by atoms with van der Waals surface area (Å²) in [7, 11) is 1.66. The Bertz CT molecular complexity index is 119. The molecular formula is C9H18O2. The van der Waals surface area contributed by atoms with Crippen molar-refractivity contribution in [2.24, 2.45) is 5.41 Å². The average Bonchev–Trinajstić information content (AvgIpc) is 2.00. The van der Waals surface area contributed by atoms with Gasteiger partial charge in [0.25, 0.3) is 0 Å². The molecule has 1 unspecified atom stereocenters. The summed E-state index contributed by atoms with van der Waals surface area (Å²) in [6.07, 6.45) is 3.03. The first-order valence-electron chi connectivity index (χ1n) is 4.07. The molecule has 0 bridgehead atoms. The fourth-order valence-corrected chi connectivity index (χ4v) is 1.13. The lowest BCUT2D eigenvalue weighted by molar-refractivity contribution is -0.122. The van der Waals surface area contributed by atoms with Gasteiger partial charge < -0.3 is 9.53 Å². The highest BCUT2D eigenvalue weighted by molar-refractivity contribution is 5.58. The van der Waals surface area contributed by atoms with Gasteiger partial charge in [-0.25, -0.2) is 0 Å². The van der Waals surface area contributed by atoms with Crippen LogP contribution in [0.5, 0.6) is 0 Å². The third-order valence-electron chi connectivity index (χ3n) is 1.97. The third kappa shape index (κ3) is 3.02. The number of methoxy groups -OCH3 is 1. The van der Waals surface area contributed by atoms with E-state index in [9.17, 15) is 4.79 Å². The second-order valence-corrected chi connectivity index (χ2v) is 3.45. The van der Waals surface area contributed by atoms with Crippen molar-refractivity contribution in [3.8, 4) is 0 Å². The smallest absolute Gasteiger partial charge is 0.128 e. The number of aldehydes is 1. The first kappa shape index (κ1) is 10.6. The molecule has 0 aromatic carbocycles. The standard InChI is InChI=1S/C9H18O2/c1-5-6-8(11-4)9(2,3)7-10/h7-8H,5-6H2,1-4H3. The van der Waals surface area contributed by atoms with Crippen LogP contribution in [0.3, 0.4) is 0 Å². The van der Waals surface area contributed by atoms with Gasteiger partial charge in [-0.05, 0) is 6.42 Å². The molecule has 0 aliphatic heterocycles. The summed E-state index contributed by atoms with van der Waals surface area (Å²) in [6.45, 7) is 5.90. The molecule has 0 aliphatic carbocycles. The molecule has 0 fully saturated rings. The lowest BCUT2D eigenvalue weighted by atomic mass is 9.86. The van der Waals surface area contributed by atoms with E-state index in [0.717, 1.165) is 19.1 Å². The van der Waals surface area contributed by atoms with Crippen molar-refractivity contribution >= 4 is 6.29 Å². The van der Waals surface area contributed by atoms with E-state index < -0.39 is 0 Å². The molecule has 0 rings (SSSR count). The molecule has 0 aromatic heterocycles. The lowest BCUT2D eigenvalue weighted by Crippen LogP contribution is -2.32. The first-order valence-corrected chi connectivity index (χ1v) is 4.07. The number of carbonyl (C=O) groups excluding carboxylic acids is 1. The average molecular weight is 158 g/mol. The van der Waals surface area contributed by atoms with E-state index in [0.29, 0.717) is 0 Å². The summed E-state index contributed by atoms with van der Waals surface area (Å²) in [5.74, 6) is 0. The van der Waals surface area contributed by atoms with Crippen molar-refractivity contribution in [1.82, 2.24) is 0 Å². The van der Waals surface area contributed by atoms with Crippen molar-refractivity contribution < 1.29 is 9.53 Å². The molecule has 11 heavy (non-hydrogen) atoms. The Hall–Kier alpha value is -0.370. The van der Waals surface area contributed by atoms with Crippen molar-refractivity contribution in [2.75, 3.05) is 7.11 Å². The third-order valence-corrected chi connectivity index (χ3v) is 1.97. The van der Waals surface area contributed by atoms with Gasteiger partial charge in [0.15, 0.2) is 0 Å². The highest BCUT2D eigenvalue weighted by atomic mass is 16.5. The molecule has 0 saturated carbocycles. The molecule has 0 radical (unpaired) electrons. The minimum Gasteiger partial charge on any atom is -0.380 e. The van der Waals surface area contributed by atoms with Gasteiger partial charge in [-0.15, -0.1) is 0 Å². The van der Waals surface area contributed by atoms with E-state index in [4.69, 9.17) is 4.74 Å². The molecule has 1 atom stereocenters. The quantitative estimate of drug-likeness (QED) is 0.572. The fourth-order valence-electron chi connectivity index (χ4n) is 1.13. The van der Waals surface area contributed by atoms with Gasteiger partial charge in [-0.1, -0.05) is 27.2 Å². The molecule has 66 valence electrons. The van der Waals surface area contributed by atoms with Gasteiger partial charge in [-0.3, -0.25) is 0 Å². The van der Waals surface area contributed by atoms with Crippen LogP contribution in [0.15, 0.2) is 0 Å². The minimum absolute atomic E-state index is 0.0602. The highest BCUT2D eigenvalue weighted by Gasteiger charge is 2.27. The van der Waals surface area contributed by atoms with E-state index in [1.807, 2.05) is 13.8 Å². The van der Waals surface area contributed by atoms with E-state index in [1.54, 1.807) is 7.11 Å².